The summed E-state index contributed by atoms with van der Waals surface area (Å²) in [4.78, 5) is 14.4. The van der Waals surface area contributed by atoms with Gasteiger partial charge in [-0.25, -0.2) is 0 Å². The fraction of sp³-hybridized carbons (Fsp3) is 0.933. The molecule has 1 saturated heterocycles. The summed E-state index contributed by atoms with van der Waals surface area (Å²) >= 11 is 0. The van der Waals surface area contributed by atoms with Gasteiger partial charge >= 0.3 is 6.18 Å². The van der Waals surface area contributed by atoms with Gasteiger partial charge in [0.05, 0.1) is 5.92 Å². The van der Waals surface area contributed by atoms with Gasteiger partial charge in [0.25, 0.3) is 0 Å². The van der Waals surface area contributed by atoms with Gasteiger partial charge in [-0.15, -0.1) is 12.4 Å². The standard InChI is InChI=1S/C15H25F3N2O.ClH/c1-10-4-3-7-20(13(10)9-19)14(21)11-5-2-6-12(8-11)15(16,17)18;/h10-13H,2-9,19H2,1H3;1H. The first-order valence-electron chi connectivity index (χ1n) is 7.91. The normalized spacial score (nSPS) is 33.2. The van der Waals surface area contributed by atoms with Crippen LogP contribution in [-0.4, -0.2) is 36.1 Å². The lowest BCUT2D eigenvalue weighted by Gasteiger charge is -2.42. The highest BCUT2D eigenvalue weighted by Gasteiger charge is 2.45. The molecule has 0 aromatic heterocycles. The van der Waals surface area contributed by atoms with Gasteiger partial charge in [-0.1, -0.05) is 13.3 Å². The molecule has 130 valence electrons. The third-order valence-corrected chi connectivity index (χ3v) is 5.13. The lowest BCUT2D eigenvalue weighted by molar-refractivity contribution is -0.187. The number of hydrogen-bond acceptors (Lipinski definition) is 2. The monoisotopic (exact) mass is 342 g/mol. The summed E-state index contributed by atoms with van der Waals surface area (Å²) in [6.45, 7) is 3.09. The topological polar surface area (TPSA) is 46.3 Å². The first-order chi connectivity index (χ1) is 9.84. The lowest BCUT2D eigenvalue weighted by Crippen LogP contribution is -2.53. The molecule has 0 spiro atoms. The highest BCUT2D eigenvalue weighted by atomic mass is 35.5. The van der Waals surface area contributed by atoms with Gasteiger partial charge in [0.15, 0.2) is 0 Å². The highest BCUT2D eigenvalue weighted by molar-refractivity contribution is 5.85. The molecule has 4 unspecified atom stereocenters. The van der Waals surface area contributed by atoms with E-state index in [2.05, 4.69) is 6.92 Å². The SMILES string of the molecule is CC1CCCN(C(=O)C2CCCC(C(F)(F)F)C2)C1CN.Cl. The van der Waals surface area contributed by atoms with Crippen molar-refractivity contribution in [3.63, 3.8) is 0 Å². The Morgan fingerprint density at radius 1 is 1.23 bits per heavy atom. The molecule has 1 aliphatic carbocycles. The molecule has 0 bridgehead atoms. The van der Waals surface area contributed by atoms with Crippen LogP contribution in [0.5, 0.6) is 0 Å². The maximum atomic E-state index is 12.9. The molecule has 7 heteroatoms. The van der Waals surface area contributed by atoms with Crippen molar-refractivity contribution in [1.29, 1.82) is 0 Å². The van der Waals surface area contributed by atoms with Crippen molar-refractivity contribution in [2.75, 3.05) is 13.1 Å². The number of amides is 1. The molecule has 2 aliphatic rings. The van der Waals surface area contributed by atoms with Crippen LogP contribution in [0.2, 0.25) is 0 Å². The highest BCUT2D eigenvalue weighted by Crippen LogP contribution is 2.41. The van der Waals surface area contributed by atoms with Gasteiger partial charge in [-0.05, 0) is 38.0 Å². The summed E-state index contributed by atoms with van der Waals surface area (Å²) in [5.41, 5.74) is 5.77. The van der Waals surface area contributed by atoms with Crippen molar-refractivity contribution in [2.45, 2.75) is 57.7 Å². The van der Waals surface area contributed by atoms with Crippen LogP contribution in [0.3, 0.4) is 0 Å². The molecule has 0 aromatic carbocycles. The summed E-state index contributed by atoms with van der Waals surface area (Å²) < 4.78 is 38.6. The molecule has 22 heavy (non-hydrogen) atoms. The maximum Gasteiger partial charge on any atom is 0.391 e. The third kappa shape index (κ3) is 4.28. The summed E-state index contributed by atoms with van der Waals surface area (Å²) in [6.07, 6.45) is -1.07. The summed E-state index contributed by atoms with van der Waals surface area (Å²) in [5.74, 6) is -1.58. The molecule has 4 atom stereocenters. The average molecular weight is 343 g/mol. The number of alkyl halides is 3. The second-order valence-electron chi connectivity index (χ2n) is 6.56. The minimum Gasteiger partial charge on any atom is -0.338 e. The number of likely N-dealkylation sites (tertiary alicyclic amines) is 1. The Kier molecular flexibility index (Phi) is 6.99. The average Bonchev–Trinajstić information content (AvgIpc) is 2.45. The first-order valence-corrected chi connectivity index (χ1v) is 7.91. The zero-order valence-corrected chi connectivity index (χ0v) is 13.8. The van der Waals surface area contributed by atoms with E-state index in [0.717, 1.165) is 12.8 Å². The van der Waals surface area contributed by atoms with E-state index in [-0.39, 0.29) is 37.2 Å². The Morgan fingerprint density at radius 3 is 2.50 bits per heavy atom. The van der Waals surface area contributed by atoms with Crippen molar-refractivity contribution in [3.05, 3.63) is 0 Å². The zero-order chi connectivity index (χ0) is 15.6. The predicted octanol–water partition coefficient (Wildman–Crippen LogP) is 3.36. The van der Waals surface area contributed by atoms with Crippen LogP contribution in [0.4, 0.5) is 13.2 Å². The van der Waals surface area contributed by atoms with E-state index in [0.29, 0.717) is 31.8 Å². The summed E-state index contributed by atoms with van der Waals surface area (Å²) in [7, 11) is 0. The fourth-order valence-electron chi connectivity index (χ4n) is 3.83. The van der Waals surface area contributed by atoms with Gasteiger partial charge in [-0.2, -0.15) is 13.2 Å². The number of hydrogen-bond donors (Lipinski definition) is 1. The summed E-state index contributed by atoms with van der Waals surface area (Å²) in [5, 5.41) is 0. The molecule has 0 aromatic rings. The molecule has 3 nitrogen and oxygen atoms in total. The van der Waals surface area contributed by atoms with Crippen LogP contribution in [-0.2, 0) is 4.79 Å². The van der Waals surface area contributed by atoms with Crippen LogP contribution in [0.1, 0.15) is 45.4 Å². The second kappa shape index (κ2) is 7.86. The predicted molar refractivity (Wildman–Crippen MR) is 81.7 cm³/mol. The van der Waals surface area contributed by atoms with E-state index < -0.39 is 18.0 Å². The van der Waals surface area contributed by atoms with Crippen LogP contribution < -0.4 is 5.73 Å². The number of nitrogens with two attached hydrogens (primary N) is 1. The minimum atomic E-state index is -4.18. The van der Waals surface area contributed by atoms with E-state index in [1.165, 1.54) is 0 Å². The molecule has 2 rings (SSSR count). The number of nitrogens with zero attached hydrogens (tertiary/aromatic N) is 1. The first kappa shape index (κ1) is 19.6. The van der Waals surface area contributed by atoms with Gasteiger partial charge in [-0.3, -0.25) is 4.79 Å². The Morgan fingerprint density at radius 2 is 1.91 bits per heavy atom. The number of halogens is 4. The summed E-state index contributed by atoms with van der Waals surface area (Å²) in [6, 6.07) is -0.0162. The maximum absolute atomic E-state index is 12.9. The number of carbonyl (C=O) groups is 1. The van der Waals surface area contributed by atoms with E-state index in [9.17, 15) is 18.0 Å². The molecule has 2 N–H and O–H groups in total. The Balaban J connectivity index is 0.00000242. The number of piperidine rings is 1. The van der Waals surface area contributed by atoms with Gasteiger partial charge in [0.1, 0.15) is 0 Å². The number of rotatable bonds is 2. The molecular formula is C15H26ClF3N2O. The molecule has 1 heterocycles. The van der Waals surface area contributed by atoms with Crippen molar-refractivity contribution in [3.8, 4) is 0 Å². The second-order valence-corrected chi connectivity index (χ2v) is 6.56. The molecule has 2 fully saturated rings. The van der Waals surface area contributed by atoms with Crippen molar-refractivity contribution < 1.29 is 18.0 Å². The third-order valence-electron chi connectivity index (χ3n) is 5.13. The minimum absolute atomic E-state index is 0. The molecule has 1 amide bonds. The van der Waals surface area contributed by atoms with E-state index in [1.54, 1.807) is 4.90 Å². The largest absolute Gasteiger partial charge is 0.391 e. The Labute approximate surface area is 136 Å². The Bertz CT molecular complexity index is 378. The molecule has 1 saturated carbocycles. The van der Waals surface area contributed by atoms with Crippen molar-refractivity contribution in [2.24, 2.45) is 23.5 Å². The molecular weight excluding hydrogens is 317 g/mol. The van der Waals surface area contributed by atoms with Crippen LogP contribution in [0.15, 0.2) is 0 Å². The lowest BCUT2D eigenvalue weighted by atomic mass is 9.79. The van der Waals surface area contributed by atoms with Crippen LogP contribution in [0, 0.1) is 17.8 Å². The molecule has 0 radical (unpaired) electrons. The van der Waals surface area contributed by atoms with Crippen molar-refractivity contribution in [1.82, 2.24) is 4.90 Å². The van der Waals surface area contributed by atoms with Gasteiger partial charge in [0.2, 0.25) is 5.91 Å². The quantitative estimate of drug-likeness (QED) is 0.836. The van der Waals surface area contributed by atoms with E-state index >= 15 is 0 Å². The zero-order valence-electron chi connectivity index (χ0n) is 12.9. The van der Waals surface area contributed by atoms with Crippen molar-refractivity contribution >= 4 is 18.3 Å². The fourth-order valence-corrected chi connectivity index (χ4v) is 3.83. The molecule has 1 aliphatic heterocycles. The van der Waals surface area contributed by atoms with E-state index in [1.807, 2.05) is 0 Å². The number of carbonyl (C=O) groups excluding carboxylic acids is 1. The Hall–Kier alpha value is -0.490. The van der Waals surface area contributed by atoms with Gasteiger partial charge < -0.3 is 10.6 Å². The van der Waals surface area contributed by atoms with Crippen LogP contribution in [0.25, 0.3) is 0 Å². The van der Waals surface area contributed by atoms with Crippen LogP contribution >= 0.6 is 12.4 Å². The van der Waals surface area contributed by atoms with E-state index in [4.69, 9.17) is 5.73 Å². The smallest absolute Gasteiger partial charge is 0.338 e. The van der Waals surface area contributed by atoms with Gasteiger partial charge in [0, 0.05) is 25.0 Å².